The molecule has 4 aromatic rings. The van der Waals surface area contributed by atoms with Gasteiger partial charge >= 0.3 is 0 Å². The number of amides is 1. The summed E-state index contributed by atoms with van der Waals surface area (Å²) in [6, 6.07) is 17.7. The Balaban J connectivity index is 1.29. The molecule has 0 spiro atoms. The fourth-order valence-electron chi connectivity index (χ4n) is 4.28. The quantitative estimate of drug-likeness (QED) is 0.515. The lowest BCUT2D eigenvalue weighted by atomic mass is 9.99. The summed E-state index contributed by atoms with van der Waals surface area (Å²) in [6.07, 6.45) is 0.871. The molecule has 1 aromatic heterocycles. The molecule has 2 heterocycles. The van der Waals surface area contributed by atoms with Crippen molar-refractivity contribution >= 4 is 33.5 Å². The van der Waals surface area contributed by atoms with Crippen molar-refractivity contribution in [3.05, 3.63) is 65.7 Å². The van der Waals surface area contributed by atoms with Gasteiger partial charge in [0, 0.05) is 29.5 Å². The zero-order chi connectivity index (χ0) is 21.4. The van der Waals surface area contributed by atoms with Gasteiger partial charge < -0.3 is 19.2 Å². The summed E-state index contributed by atoms with van der Waals surface area (Å²) in [5, 5.41) is 5.08. The second-order valence-electron chi connectivity index (χ2n) is 7.79. The van der Waals surface area contributed by atoms with Crippen LogP contribution in [0.3, 0.4) is 0 Å². The number of carbonyl (C=O) groups is 1. The van der Waals surface area contributed by atoms with Crippen molar-refractivity contribution in [1.29, 1.82) is 0 Å². The number of furan rings is 1. The molecule has 0 atom stereocenters. The molecule has 1 N–H and O–H groups in total. The van der Waals surface area contributed by atoms with Crippen molar-refractivity contribution in [2.24, 2.45) is 0 Å². The first-order valence-corrected chi connectivity index (χ1v) is 10.3. The Morgan fingerprint density at radius 2 is 1.71 bits per heavy atom. The molecule has 6 nitrogen and oxygen atoms in total. The minimum atomic E-state index is -0.0314. The van der Waals surface area contributed by atoms with Crippen LogP contribution in [0.25, 0.3) is 21.9 Å². The zero-order valence-electron chi connectivity index (χ0n) is 17.6. The Morgan fingerprint density at radius 1 is 0.968 bits per heavy atom. The molecule has 1 aliphatic heterocycles. The number of carbonyl (C=O) groups excluding carboxylic acids is 1. The SMILES string of the molecule is COc1cc2c(cc1OC)CN(CC(=O)Nc1ccc3oc4ccccc4c3c1)CC2. The fourth-order valence-corrected chi connectivity index (χ4v) is 4.28. The Labute approximate surface area is 180 Å². The van der Waals surface area contributed by atoms with Crippen LogP contribution in [0.4, 0.5) is 5.69 Å². The summed E-state index contributed by atoms with van der Waals surface area (Å²) >= 11 is 0. The van der Waals surface area contributed by atoms with Crippen molar-refractivity contribution in [2.75, 3.05) is 32.6 Å². The highest BCUT2D eigenvalue weighted by Crippen LogP contribution is 2.33. The Kier molecular flexibility index (Phi) is 5.00. The lowest BCUT2D eigenvalue weighted by Gasteiger charge is -2.29. The highest BCUT2D eigenvalue weighted by atomic mass is 16.5. The monoisotopic (exact) mass is 416 g/mol. The van der Waals surface area contributed by atoms with Gasteiger partial charge in [-0.1, -0.05) is 18.2 Å². The summed E-state index contributed by atoms with van der Waals surface area (Å²) in [4.78, 5) is 14.9. The van der Waals surface area contributed by atoms with E-state index in [2.05, 4.69) is 10.2 Å². The lowest BCUT2D eigenvalue weighted by molar-refractivity contribution is -0.117. The molecule has 0 radical (unpaired) electrons. The van der Waals surface area contributed by atoms with Gasteiger partial charge in [0.25, 0.3) is 0 Å². The molecular weight excluding hydrogens is 392 g/mol. The number of rotatable bonds is 5. The van der Waals surface area contributed by atoms with Crippen LogP contribution in [0.5, 0.6) is 11.5 Å². The van der Waals surface area contributed by atoms with E-state index < -0.39 is 0 Å². The fraction of sp³-hybridized carbons (Fsp3) is 0.240. The molecule has 0 unspecified atom stereocenters. The first-order chi connectivity index (χ1) is 15.1. The number of anilines is 1. The molecule has 158 valence electrons. The summed E-state index contributed by atoms with van der Waals surface area (Å²) in [6.45, 7) is 1.85. The van der Waals surface area contributed by atoms with E-state index in [9.17, 15) is 4.79 Å². The molecule has 31 heavy (non-hydrogen) atoms. The highest BCUT2D eigenvalue weighted by molar-refractivity contribution is 6.07. The second kappa shape index (κ2) is 7.96. The van der Waals surface area contributed by atoms with Crippen LogP contribution in [0, 0.1) is 0 Å². The van der Waals surface area contributed by atoms with Crippen LogP contribution in [-0.2, 0) is 17.8 Å². The molecular formula is C25H24N2O4. The van der Waals surface area contributed by atoms with Crippen LogP contribution in [0.1, 0.15) is 11.1 Å². The minimum absolute atomic E-state index is 0.0314. The van der Waals surface area contributed by atoms with E-state index >= 15 is 0 Å². The van der Waals surface area contributed by atoms with Gasteiger partial charge in [-0.3, -0.25) is 9.69 Å². The highest BCUT2D eigenvalue weighted by Gasteiger charge is 2.21. The van der Waals surface area contributed by atoms with Gasteiger partial charge in [0.15, 0.2) is 11.5 Å². The Hall–Kier alpha value is -3.51. The molecule has 0 aliphatic carbocycles. The van der Waals surface area contributed by atoms with Gasteiger partial charge in [0.05, 0.1) is 20.8 Å². The van der Waals surface area contributed by atoms with E-state index in [-0.39, 0.29) is 5.91 Å². The number of nitrogens with zero attached hydrogens (tertiary/aromatic N) is 1. The van der Waals surface area contributed by atoms with Gasteiger partial charge in [-0.25, -0.2) is 0 Å². The number of fused-ring (bicyclic) bond motifs is 4. The number of hydrogen-bond donors (Lipinski definition) is 1. The standard InChI is InChI=1S/C25H24N2O4/c1-29-23-11-16-9-10-27(14-17(16)12-24(23)30-2)15-25(28)26-18-7-8-22-20(13-18)19-5-3-4-6-21(19)31-22/h3-8,11-13H,9-10,14-15H2,1-2H3,(H,26,28). The molecule has 0 bridgehead atoms. The van der Waals surface area contributed by atoms with Crippen LogP contribution < -0.4 is 14.8 Å². The number of nitrogens with one attached hydrogen (secondary N) is 1. The van der Waals surface area contributed by atoms with Crippen molar-refractivity contribution in [1.82, 2.24) is 4.90 Å². The van der Waals surface area contributed by atoms with Gasteiger partial charge in [-0.05, 0) is 53.9 Å². The smallest absolute Gasteiger partial charge is 0.238 e. The average molecular weight is 416 g/mol. The number of hydrogen-bond acceptors (Lipinski definition) is 5. The molecule has 6 heteroatoms. The van der Waals surface area contributed by atoms with Gasteiger partial charge in [-0.15, -0.1) is 0 Å². The summed E-state index contributed by atoms with van der Waals surface area (Å²) in [7, 11) is 3.28. The average Bonchev–Trinajstić information content (AvgIpc) is 3.16. The maximum absolute atomic E-state index is 12.7. The maximum Gasteiger partial charge on any atom is 0.238 e. The van der Waals surface area contributed by atoms with Crippen LogP contribution in [0.2, 0.25) is 0 Å². The van der Waals surface area contributed by atoms with E-state index in [1.165, 1.54) is 11.1 Å². The molecule has 1 amide bonds. The Bertz CT molecular complexity index is 1280. The van der Waals surface area contributed by atoms with Crippen molar-refractivity contribution in [3.63, 3.8) is 0 Å². The van der Waals surface area contributed by atoms with E-state index in [1.807, 2.05) is 54.6 Å². The Morgan fingerprint density at radius 3 is 2.52 bits per heavy atom. The van der Waals surface area contributed by atoms with E-state index in [4.69, 9.17) is 13.9 Å². The van der Waals surface area contributed by atoms with Gasteiger partial charge in [0.2, 0.25) is 5.91 Å². The lowest BCUT2D eigenvalue weighted by Crippen LogP contribution is -2.37. The molecule has 3 aromatic carbocycles. The largest absolute Gasteiger partial charge is 0.493 e. The first kappa shape index (κ1) is 19.5. The van der Waals surface area contributed by atoms with Crippen molar-refractivity contribution in [3.8, 4) is 11.5 Å². The molecule has 0 fully saturated rings. The number of methoxy groups -OCH3 is 2. The predicted octanol–water partition coefficient (Wildman–Crippen LogP) is 4.60. The van der Waals surface area contributed by atoms with Crippen molar-refractivity contribution in [2.45, 2.75) is 13.0 Å². The molecule has 5 rings (SSSR count). The molecule has 1 aliphatic rings. The van der Waals surface area contributed by atoms with Crippen molar-refractivity contribution < 1.29 is 18.7 Å². The third-order valence-electron chi connectivity index (χ3n) is 5.82. The van der Waals surface area contributed by atoms with Gasteiger partial charge in [0.1, 0.15) is 11.2 Å². The third-order valence-corrected chi connectivity index (χ3v) is 5.82. The van der Waals surface area contributed by atoms with Gasteiger partial charge in [-0.2, -0.15) is 0 Å². The summed E-state index contributed by atoms with van der Waals surface area (Å²) in [5.74, 6) is 1.43. The van der Waals surface area contributed by atoms with E-state index in [0.29, 0.717) is 18.8 Å². The van der Waals surface area contributed by atoms with Crippen LogP contribution in [-0.4, -0.2) is 38.1 Å². The van der Waals surface area contributed by atoms with Crippen LogP contribution >= 0.6 is 0 Å². The zero-order valence-corrected chi connectivity index (χ0v) is 17.6. The maximum atomic E-state index is 12.7. The molecule has 0 saturated heterocycles. The minimum Gasteiger partial charge on any atom is -0.493 e. The van der Waals surface area contributed by atoms with Crippen LogP contribution in [0.15, 0.2) is 59.0 Å². The first-order valence-electron chi connectivity index (χ1n) is 10.3. The second-order valence-corrected chi connectivity index (χ2v) is 7.79. The topological polar surface area (TPSA) is 63.9 Å². The normalized spacial score (nSPS) is 13.9. The third kappa shape index (κ3) is 3.70. The summed E-state index contributed by atoms with van der Waals surface area (Å²) in [5.41, 5.74) is 4.85. The predicted molar refractivity (Wildman–Crippen MR) is 121 cm³/mol. The van der Waals surface area contributed by atoms with E-state index in [0.717, 1.165) is 46.3 Å². The number of para-hydroxylation sites is 1. The summed E-state index contributed by atoms with van der Waals surface area (Å²) < 4.78 is 16.7. The van der Waals surface area contributed by atoms with E-state index in [1.54, 1.807) is 14.2 Å². The molecule has 0 saturated carbocycles. The number of ether oxygens (including phenoxy) is 2. The number of benzene rings is 3.